The minimum Gasteiger partial charge on any atom is -0.357 e. The van der Waals surface area contributed by atoms with E-state index in [1.165, 1.54) is 12.8 Å². The van der Waals surface area contributed by atoms with Gasteiger partial charge in [-0.05, 0) is 50.5 Å². The number of fused-ring (bicyclic) bond motifs is 1. The maximum atomic E-state index is 11.9. The minimum absolute atomic E-state index is 0.0151. The highest BCUT2D eigenvalue weighted by atomic mass is 16.1. The Labute approximate surface area is 124 Å². The summed E-state index contributed by atoms with van der Waals surface area (Å²) in [5, 5.41) is 10.1. The number of benzene rings is 1. The number of carbonyl (C=O) groups excluding carboxylic acids is 1. The van der Waals surface area contributed by atoms with E-state index in [4.69, 9.17) is 0 Å². The van der Waals surface area contributed by atoms with Gasteiger partial charge >= 0.3 is 0 Å². The zero-order chi connectivity index (χ0) is 15.0. The van der Waals surface area contributed by atoms with Crippen LogP contribution in [0.15, 0.2) is 18.2 Å². The molecule has 1 saturated heterocycles. The van der Waals surface area contributed by atoms with Gasteiger partial charge in [0.05, 0.1) is 11.1 Å². The Hall–Kier alpha value is -2.41. The fraction of sp³-hybridized carbons (Fsp3) is 0.353. The lowest BCUT2D eigenvalue weighted by Crippen LogP contribution is -2.19. The molecular formula is C17H17N3O. The molecule has 2 aromatic rings. The molecule has 3 rings (SSSR count). The average Bonchev–Trinajstić information content (AvgIpc) is 3.00. The van der Waals surface area contributed by atoms with E-state index in [2.05, 4.69) is 16.0 Å². The van der Waals surface area contributed by atoms with E-state index >= 15 is 0 Å². The van der Waals surface area contributed by atoms with Crippen molar-refractivity contribution >= 4 is 22.5 Å². The number of hydrogen-bond donors (Lipinski definition) is 0. The number of hydrogen-bond acceptors (Lipinski definition) is 4. The van der Waals surface area contributed by atoms with Gasteiger partial charge in [0, 0.05) is 24.0 Å². The third kappa shape index (κ3) is 2.25. The van der Waals surface area contributed by atoms with Crippen molar-refractivity contribution < 1.29 is 4.79 Å². The summed E-state index contributed by atoms with van der Waals surface area (Å²) in [4.78, 5) is 18.8. The summed E-state index contributed by atoms with van der Waals surface area (Å²) in [7, 11) is 0. The van der Waals surface area contributed by atoms with Crippen LogP contribution in [0.5, 0.6) is 0 Å². The standard InChI is InChI=1S/C17H17N3O/c1-11-9-14(12(2)21)17-13(15(11)10-18)5-6-16(19-17)20-7-3-4-8-20/h5-6,9H,3-4,7-8H2,1-2H3. The molecule has 0 atom stereocenters. The number of carbonyl (C=O) groups is 1. The Bertz CT molecular complexity index is 768. The van der Waals surface area contributed by atoms with E-state index in [1.807, 2.05) is 19.1 Å². The number of pyridine rings is 1. The van der Waals surface area contributed by atoms with Crippen LogP contribution in [0, 0.1) is 18.3 Å². The molecule has 4 nitrogen and oxygen atoms in total. The maximum absolute atomic E-state index is 11.9. The number of aromatic nitrogens is 1. The predicted molar refractivity (Wildman–Crippen MR) is 82.6 cm³/mol. The summed E-state index contributed by atoms with van der Waals surface area (Å²) in [6.45, 7) is 5.42. The van der Waals surface area contributed by atoms with Crippen molar-refractivity contribution in [2.45, 2.75) is 26.7 Å². The third-order valence-electron chi connectivity index (χ3n) is 4.08. The second kappa shape index (κ2) is 5.17. The fourth-order valence-corrected chi connectivity index (χ4v) is 2.96. The number of nitrogens with zero attached hydrogens (tertiary/aromatic N) is 3. The summed E-state index contributed by atoms with van der Waals surface area (Å²) in [5.41, 5.74) is 2.68. The lowest BCUT2D eigenvalue weighted by molar-refractivity contribution is 0.101. The molecular weight excluding hydrogens is 262 g/mol. The van der Waals surface area contributed by atoms with Crippen LogP contribution in [0.3, 0.4) is 0 Å². The Kier molecular flexibility index (Phi) is 3.34. The SMILES string of the molecule is CC(=O)c1cc(C)c(C#N)c2ccc(N3CCCC3)nc12. The molecule has 1 aliphatic rings. The van der Waals surface area contributed by atoms with Crippen LogP contribution < -0.4 is 4.90 Å². The second-order valence-electron chi connectivity index (χ2n) is 5.54. The normalized spacial score (nSPS) is 14.4. The first kappa shape index (κ1) is 13.6. The summed E-state index contributed by atoms with van der Waals surface area (Å²) in [6.07, 6.45) is 2.35. The Morgan fingerprint density at radius 2 is 2.05 bits per heavy atom. The smallest absolute Gasteiger partial charge is 0.162 e. The zero-order valence-corrected chi connectivity index (χ0v) is 12.3. The maximum Gasteiger partial charge on any atom is 0.162 e. The molecule has 0 saturated carbocycles. The molecule has 1 aliphatic heterocycles. The van der Waals surface area contributed by atoms with Crippen molar-refractivity contribution in [3.8, 4) is 6.07 Å². The molecule has 1 fully saturated rings. The predicted octanol–water partition coefficient (Wildman–Crippen LogP) is 3.22. The zero-order valence-electron chi connectivity index (χ0n) is 12.3. The first-order valence-electron chi connectivity index (χ1n) is 7.22. The van der Waals surface area contributed by atoms with Crippen molar-refractivity contribution in [2.75, 3.05) is 18.0 Å². The topological polar surface area (TPSA) is 57.0 Å². The number of anilines is 1. The molecule has 0 spiro atoms. The van der Waals surface area contributed by atoms with E-state index in [0.29, 0.717) is 16.6 Å². The van der Waals surface area contributed by atoms with Crippen LogP contribution in [0.1, 0.15) is 41.3 Å². The van der Waals surface area contributed by atoms with Gasteiger partial charge in [0.1, 0.15) is 11.9 Å². The molecule has 21 heavy (non-hydrogen) atoms. The van der Waals surface area contributed by atoms with E-state index in [0.717, 1.165) is 29.9 Å². The molecule has 0 radical (unpaired) electrons. The lowest BCUT2D eigenvalue weighted by Gasteiger charge is -2.18. The fourth-order valence-electron chi connectivity index (χ4n) is 2.96. The van der Waals surface area contributed by atoms with Gasteiger partial charge in [0.15, 0.2) is 5.78 Å². The molecule has 0 amide bonds. The van der Waals surface area contributed by atoms with Crippen molar-refractivity contribution in [2.24, 2.45) is 0 Å². The van der Waals surface area contributed by atoms with E-state index < -0.39 is 0 Å². The first-order chi connectivity index (χ1) is 10.1. The molecule has 0 aliphatic carbocycles. The number of aryl methyl sites for hydroxylation is 1. The van der Waals surface area contributed by atoms with Crippen molar-refractivity contribution in [1.82, 2.24) is 4.98 Å². The number of ketones is 1. The molecule has 0 bridgehead atoms. The molecule has 1 aromatic carbocycles. The van der Waals surface area contributed by atoms with Crippen molar-refractivity contribution in [1.29, 1.82) is 5.26 Å². The van der Waals surface area contributed by atoms with Gasteiger partial charge < -0.3 is 4.90 Å². The molecule has 0 N–H and O–H groups in total. The Balaban J connectivity index is 2.27. The van der Waals surface area contributed by atoms with Gasteiger partial charge in [0.2, 0.25) is 0 Å². The van der Waals surface area contributed by atoms with Crippen LogP contribution in [0.4, 0.5) is 5.82 Å². The molecule has 1 aromatic heterocycles. The minimum atomic E-state index is -0.0151. The monoisotopic (exact) mass is 279 g/mol. The third-order valence-corrected chi connectivity index (χ3v) is 4.08. The highest BCUT2D eigenvalue weighted by Gasteiger charge is 2.18. The van der Waals surface area contributed by atoms with Crippen LogP contribution in [0.2, 0.25) is 0 Å². The quantitative estimate of drug-likeness (QED) is 0.792. The summed E-state index contributed by atoms with van der Waals surface area (Å²) in [5.74, 6) is 0.883. The molecule has 4 heteroatoms. The Morgan fingerprint density at radius 3 is 2.67 bits per heavy atom. The lowest BCUT2D eigenvalue weighted by atomic mass is 9.97. The first-order valence-corrected chi connectivity index (χ1v) is 7.22. The van der Waals surface area contributed by atoms with Gasteiger partial charge in [-0.2, -0.15) is 5.26 Å². The van der Waals surface area contributed by atoms with Crippen molar-refractivity contribution in [3.05, 3.63) is 34.9 Å². The summed E-state index contributed by atoms with van der Waals surface area (Å²) >= 11 is 0. The van der Waals surface area contributed by atoms with Crippen LogP contribution in [-0.4, -0.2) is 23.9 Å². The van der Waals surface area contributed by atoms with Gasteiger partial charge in [-0.3, -0.25) is 4.79 Å². The van der Waals surface area contributed by atoms with E-state index in [9.17, 15) is 10.1 Å². The highest BCUT2D eigenvalue weighted by Crippen LogP contribution is 2.28. The van der Waals surface area contributed by atoms with Gasteiger partial charge in [-0.25, -0.2) is 4.98 Å². The summed E-state index contributed by atoms with van der Waals surface area (Å²) in [6, 6.07) is 7.89. The largest absolute Gasteiger partial charge is 0.357 e. The Morgan fingerprint density at radius 1 is 1.33 bits per heavy atom. The summed E-state index contributed by atoms with van der Waals surface area (Å²) < 4.78 is 0. The van der Waals surface area contributed by atoms with E-state index in [-0.39, 0.29) is 5.78 Å². The van der Waals surface area contributed by atoms with Crippen LogP contribution in [0.25, 0.3) is 10.9 Å². The van der Waals surface area contributed by atoms with Crippen LogP contribution in [-0.2, 0) is 0 Å². The van der Waals surface area contributed by atoms with Crippen molar-refractivity contribution in [3.63, 3.8) is 0 Å². The van der Waals surface area contributed by atoms with E-state index in [1.54, 1.807) is 13.0 Å². The molecule has 0 unspecified atom stereocenters. The number of rotatable bonds is 2. The number of Topliss-reactive ketones (excluding diaryl/α,β-unsaturated/α-hetero) is 1. The number of nitriles is 1. The average molecular weight is 279 g/mol. The van der Waals surface area contributed by atoms with Gasteiger partial charge in [0.25, 0.3) is 0 Å². The second-order valence-corrected chi connectivity index (χ2v) is 5.54. The van der Waals surface area contributed by atoms with Crippen LogP contribution >= 0.6 is 0 Å². The van der Waals surface area contributed by atoms with Gasteiger partial charge in [-0.1, -0.05) is 0 Å². The molecule has 2 heterocycles. The van der Waals surface area contributed by atoms with Gasteiger partial charge in [-0.15, -0.1) is 0 Å². The highest BCUT2D eigenvalue weighted by molar-refractivity contribution is 6.07. The molecule has 106 valence electrons.